The molecule has 1 aliphatic carbocycles. The van der Waals surface area contributed by atoms with Gasteiger partial charge in [-0.3, -0.25) is 14.4 Å². The number of hydrogen-bond donors (Lipinski definition) is 2. The molecule has 0 saturated carbocycles. The molecule has 46 heavy (non-hydrogen) atoms. The van der Waals surface area contributed by atoms with Gasteiger partial charge in [-0.1, -0.05) is 13.3 Å². The van der Waals surface area contributed by atoms with E-state index in [4.69, 9.17) is 14.5 Å². The van der Waals surface area contributed by atoms with E-state index in [1.807, 2.05) is 20.8 Å². The van der Waals surface area contributed by atoms with E-state index in [-0.39, 0.29) is 66.4 Å². The van der Waals surface area contributed by atoms with Gasteiger partial charge in [-0.15, -0.1) is 0 Å². The monoisotopic (exact) mass is 633 g/mol. The van der Waals surface area contributed by atoms with Crippen LogP contribution in [0, 0.1) is 12.7 Å². The third kappa shape index (κ3) is 5.38. The Kier molecular flexibility index (Phi) is 8.03. The Morgan fingerprint density at radius 1 is 1.15 bits per heavy atom. The molecule has 2 atom stereocenters. The lowest BCUT2D eigenvalue weighted by atomic mass is 9.81. The number of benzene rings is 1. The maximum absolute atomic E-state index is 15.1. The zero-order valence-corrected chi connectivity index (χ0v) is 27.0. The molecular weight excluding hydrogens is 593 g/mol. The van der Waals surface area contributed by atoms with Gasteiger partial charge in [-0.05, 0) is 82.6 Å². The molecule has 10 nitrogen and oxygen atoms in total. The molecule has 2 aromatic heterocycles. The summed E-state index contributed by atoms with van der Waals surface area (Å²) in [6, 6.07) is 2.64. The Morgan fingerprint density at radius 3 is 2.61 bits per heavy atom. The lowest BCUT2D eigenvalue weighted by Crippen LogP contribution is -2.44. The highest BCUT2D eigenvalue weighted by atomic mass is 19.1. The van der Waals surface area contributed by atoms with Crippen LogP contribution in [-0.4, -0.2) is 38.1 Å². The Bertz CT molecular complexity index is 1860. The quantitative estimate of drug-likeness (QED) is 0.206. The third-order valence-electron chi connectivity index (χ3n) is 9.42. The highest BCUT2D eigenvalue weighted by Gasteiger charge is 2.46. The highest BCUT2D eigenvalue weighted by Crippen LogP contribution is 2.46. The fourth-order valence-electron chi connectivity index (χ4n) is 7.09. The number of nitrogens with one attached hydrogen (secondary N) is 1. The first-order valence-electron chi connectivity index (χ1n) is 16.1. The van der Waals surface area contributed by atoms with Crippen molar-refractivity contribution >= 4 is 28.7 Å². The van der Waals surface area contributed by atoms with Gasteiger partial charge in [0.25, 0.3) is 5.56 Å². The van der Waals surface area contributed by atoms with Crippen LogP contribution in [0.1, 0.15) is 112 Å². The van der Waals surface area contributed by atoms with Gasteiger partial charge in [-0.2, -0.15) is 0 Å². The Balaban J connectivity index is 1.32. The number of carbonyl (C=O) groups is 3. The highest BCUT2D eigenvalue weighted by molar-refractivity contribution is 5.94. The van der Waals surface area contributed by atoms with E-state index in [2.05, 4.69) is 5.32 Å². The zero-order valence-electron chi connectivity index (χ0n) is 27.0. The van der Waals surface area contributed by atoms with Crippen molar-refractivity contribution in [2.24, 2.45) is 0 Å². The third-order valence-corrected chi connectivity index (χ3v) is 9.42. The van der Waals surface area contributed by atoms with Gasteiger partial charge in [0.05, 0.1) is 35.1 Å². The maximum Gasteiger partial charge on any atom is 0.343 e. The van der Waals surface area contributed by atoms with E-state index < -0.39 is 17.2 Å². The lowest BCUT2D eigenvalue weighted by molar-refractivity contribution is -0.172. The second kappa shape index (κ2) is 11.6. The predicted octanol–water partition coefficient (Wildman–Crippen LogP) is 4.92. The lowest BCUT2D eigenvalue weighted by Gasteiger charge is -2.31. The molecule has 0 spiro atoms. The smallest absolute Gasteiger partial charge is 0.343 e. The number of esters is 2. The summed E-state index contributed by atoms with van der Waals surface area (Å²) < 4.78 is 27.2. The number of amides is 1. The maximum atomic E-state index is 15.1. The first-order chi connectivity index (χ1) is 21.7. The van der Waals surface area contributed by atoms with E-state index in [0.717, 1.165) is 22.1 Å². The minimum absolute atomic E-state index is 0.0218. The Morgan fingerprint density at radius 2 is 1.89 bits per heavy atom. The normalized spacial score (nSPS) is 19.7. The second-order valence-corrected chi connectivity index (χ2v) is 13.6. The molecule has 1 aromatic carbocycles. The molecule has 6 rings (SSSR count). The largest absolute Gasteiger partial charge is 0.460 e. The molecule has 2 N–H and O–H groups in total. The predicted molar refractivity (Wildman–Crippen MR) is 167 cm³/mol. The number of unbranched alkanes of at least 4 members (excludes halogenated alkanes) is 2. The average molecular weight is 634 g/mol. The molecule has 0 radical (unpaired) electrons. The van der Waals surface area contributed by atoms with Crippen molar-refractivity contribution < 1.29 is 33.4 Å². The van der Waals surface area contributed by atoms with Crippen LogP contribution in [0.15, 0.2) is 16.9 Å². The van der Waals surface area contributed by atoms with Crippen LogP contribution in [0.2, 0.25) is 0 Å². The van der Waals surface area contributed by atoms with Crippen LogP contribution in [0.4, 0.5) is 4.39 Å². The first kappa shape index (κ1) is 31.8. The summed E-state index contributed by atoms with van der Waals surface area (Å²) in [5, 5.41) is 15.2. The number of nitrogens with zero attached hydrogens (tertiary/aromatic N) is 2. The number of hydrogen-bond acceptors (Lipinski definition) is 8. The number of carbonyl (C=O) groups excluding carboxylic acids is 3. The molecule has 0 fully saturated rings. The van der Waals surface area contributed by atoms with Crippen LogP contribution < -0.4 is 10.9 Å². The van der Waals surface area contributed by atoms with Gasteiger partial charge in [0.2, 0.25) is 5.91 Å². The van der Waals surface area contributed by atoms with Crippen LogP contribution in [0.5, 0.6) is 0 Å². The van der Waals surface area contributed by atoms with Gasteiger partial charge < -0.3 is 24.5 Å². The van der Waals surface area contributed by atoms with Crippen molar-refractivity contribution in [3.8, 4) is 11.4 Å². The first-order valence-corrected chi connectivity index (χ1v) is 16.1. The van der Waals surface area contributed by atoms with Crippen LogP contribution in [0.25, 0.3) is 22.3 Å². The van der Waals surface area contributed by atoms with E-state index >= 15 is 4.39 Å². The minimum Gasteiger partial charge on any atom is -0.460 e. The van der Waals surface area contributed by atoms with E-state index in [1.165, 1.54) is 6.07 Å². The molecule has 244 valence electrons. The summed E-state index contributed by atoms with van der Waals surface area (Å²) >= 11 is 0. The Hall–Kier alpha value is -4.12. The molecule has 3 aliphatic rings. The van der Waals surface area contributed by atoms with Crippen molar-refractivity contribution in [2.75, 3.05) is 0 Å². The van der Waals surface area contributed by atoms with E-state index in [1.54, 1.807) is 24.5 Å². The number of halogens is 1. The van der Waals surface area contributed by atoms with Crippen molar-refractivity contribution in [1.29, 1.82) is 0 Å². The van der Waals surface area contributed by atoms with Gasteiger partial charge in [0, 0.05) is 35.4 Å². The molecule has 2 aliphatic heterocycles. The fourth-order valence-corrected chi connectivity index (χ4v) is 7.09. The van der Waals surface area contributed by atoms with Crippen molar-refractivity contribution in [1.82, 2.24) is 14.9 Å². The number of ether oxygens (including phenoxy) is 2. The minimum atomic E-state index is -1.96. The van der Waals surface area contributed by atoms with E-state index in [9.17, 15) is 24.3 Å². The Labute approximate surface area is 266 Å². The number of cyclic esters (lactones) is 1. The number of aromatic nitrogens is 2. The average Bonchev–Trinajstić information content (AvgIpc) is 3.36. The fraction of sp³-hybridized carbons (Fsp3) is 0.514. The van der Waals surface area contributed by atoms with Crippen LogP contribution >= 0.6 is 0 Å². The summed E-state index contributed by atoms with van der Waals surface area (Å²) in [5.41, 5.74) is 1.84. The summed E-state index contributed by atoms with van der Waals surface area (Å²) in [7, 11) is 0. The summed E-state index contributed by atoms with van der Waals surface area (Å²) in [5.74, 6) is -1.56. The number of aliphatic hydroxyl groups is 1. The van der Waals surface area contributed by atoms with E-state index in [0.29, 0.717) is 61.0 Å². The number of rotatable bonds is 8. The van der Waals surface area contributed by atoms with Gasteiger partial charge in [0.15, 0.2) is 5.60 Å². The number of fused-ring (bicyclic) bond motifs is 5. The van der Waals surface area contributed by atoms with Gasteiger partial charge in [0.1, 0.15) is 18.0 Å². The summed E-state index contributed by atoms with van der Waals surface area (Å²) in [4.78, 5) is 56.5. The van der Waals surface area contributed by atoms with Gasteiger partial charge >= 0.3 is 11.9 Å². The zero-order chi connectivity index (χ0) is 33.1. The molecule has 0 unspecified atom stereocenters. The van der Waals surface area contributed by atoms with Crippen LogP contribution in [-0.2, 0) is 49.0 Å². The number of pyridine rings is 2. The summed E-state index contributed by atoms with van der Waals surface area (Å²) in [6.07, 6.45) is 3.65. The topological polar surface area (TPSA) is 137 Å². The molecule has 4 heterocycles. The van der Waals surface area contributed by atoms with Crippen LogP contribution in [0.3, 0.4) is 0 Å². The molecule has 0 bridgehead atoms. The van der Waals surface area contributed by atoms with Crippen molar-refractivity contribution in [2.45, 2.75) is 116 Å². The van der Waals surface area contributed by atoms with Gasteiger partial charge in [-0.25, -0.2) is 14.2 Å². The molecule has 11 heteroatoms. The molecule has 1 amide bonds. The standard InChI is InChI=1S/C35H40FN3O7/c1-6-35(44)22-14-26-31-20(16-39(26)32(42)21(22)17-45-33(35)43)30-24(13-12-19-18(2)23(36)15-25(38-31)29(19)30)37-27(40)10-8-7-9-11-28(41)46-34(3,4)5/h14-15,24,44H,6-13,16-17H2,1-5H3,(H,37,40)/t24-,35-/m0/s1. The SMILES string of the molecule is CC[C@@]1(O)C(=O)OCc2c1cc1n(c2=O)Cc2c-1nc1cc(F)c(C)c3c1c2[C@@H](NC(=O)CCCCCC(=O)OC(C)(C)C)CC3. The van der Waals surface area contributed by atoms with Crippen molar-refractivity contribution in [3.05, 3.63) is 61.7 Å². The molecular formula is C35H40FN3O7. The summed E-state index contributed by atoms with van der Waals surface area (Å²) in [6.45, 7) is 8.82. The molecule has 0 saturated heterocycles. The molecule has 3 aromatic rings. The number of aryl methyl sites for hydroxylation is 1. The second-order valence-electron chi connectivity index (χ2n) is 13.6. The van der Waals surface area contributed by atoms with Crippen molar-refractivity contribution in [3.63, 3.8) is 0 Å².